The summed E-state index contributed by atoms with van der Waals surface area (Å²) in [5.41, 5.74) is 2.31. The second kappa shape index (κ2) is 9.98. The molecule has 1 aromatic heterocycles. The van der Waals surface area contributed by atoms with Gasteiger partial charge in [0, 0.05) is 50.6 Å². The van der Waals surface area contributed by atoms with Crippen LogP contribution in [0.2, 0.25) is 0 Å². The average molecular weight is 404 g/mol. The summed E-state index contributed by atoms with van der Waals surface area (Å²) >= 11 is 1.77. The Morgan fingerprint density at radius 3 is 2.57 bits per heavy atom. The number of aliphatic imine (C=N–C) groups is 1. The van der Waals surface area contributed by atoms with Crippen LogP contribution in [0.4, 0.5) is 4.39 Å². The van der Waals surface area contributed by atoms with E-state index in [1.54, 1.807) is 11.3 Å². The van der Waals surface area contributed by atoms with Crippen LogP contribution in [0.25, 0.3) is 0 Å². The van der Waals surface area contributed by atoms with Crippen molar-refractivity contribution in [3.63, 3.8) is 0 Å². The summed E-state index contributed by atoms with van der Waals surface area (Å²) in [4.78, 5) is 12.6. The summed E-state index contributed by atoms with van der Waals surface area (Å²) in [6.07, 6.45) is 3.12. The van der Waals surface area contributed by atoms with Crippen molar-refractivity contribution >= 4 is 17.3 Å². The predicted octanol–water partition coefficient (Wildman–Crippen LogP) is 3.27. The van der Waals surface area contributed by atoms with Gasteiger partial charge in [0.15, 0.2) is 5.96 Å². The minimum Gasteiger partial charge on any atom is -0.356 e. The number of nitrogens with one attached hydrogen (secondary N) is 2. The Kier molecular flexibility index (Phi) is 7.39. The standard InChI is InChI=1S/C21H30FN5S/c1-15-20(28-16(2)25-15)8-11-24-21(23-3)26-19-9-12-27(13-10-19)14-17-4-6-18(22)7-5-17/h4-7,19H,8-14H2,1-3H3,(H2,23,24,26). The zero-order valence-electron chi connectivity index (χ0n) is 17.0. The number of benzene rings is 1. The van der Waals surface area contributed by atoms with Crippen LogP contribution in [0.15, 0.2) is 29.3 Å². The molecule has 0 aliphatic carbocycles. The van der Waals surface area contributed by atoms with Crippen molar-refractivity contribution in [1.29, 1.82) is 0 Å². The molecule has 3 rings (SSSR count). The highest BCUT2D eigenvalue weighted by molar-refractivity contribution is 7.11. The van der Waals surface area contributed by atoms with Crippen LogP contribution in [0.3, 0.4) is 0 Å². The highest BCUT2D eigenvalue weighted by atomic mass is 32.1. The van der Waals surface area contributed by atoms with Gasteiger partial charge in [-0.25, -0.2) is 9.37 Å². The minimum absolute atomic E-state index is 0.175. The van der Waals surface area contributed by atoms with Gasteiger partial charge >= 0.3 is 0 Å². The van der Waals surface area contributed by atoms with Crippen LogP contribution in [-0.4, -0.2) is 48.6 Å². The number of guanidine groups is 1. The van der Waals surface area contributed by atoms with Crippen LogP contribution < -0.4 is 10.6 Å². The highest BCUT2D eigenvalue weighted by Gasteiger charge is 2.20. The number of nitrogens with zero attached hydrogens (tertiary/aromatic N) is 3. The quantitative estimate of drug-likeness (QED) is 0.574. The molecule has 0 atom stereocenters. The van der Waals surface area contributed by atoms with E-state index in [1.165, 1.54) is 22.6 Å². The molecule has 0 unspecified atom stereocenters. The zero-order valence-corrected chi connectivity index (χ0v) is 17.8. The monoisotopic (exact) mass is 403 g/mol. The first-order valence-corrected chi connectivity index (χ1v) is 10.7. The van der Waals surface area contributed by atoms with Crippen molar-refractivity contribution in [1.82, 2.24) is 20.5 Å². The van der Waals surface area contributed by atoms with E-state index in [0.29, 0.717) is 6.04 Å². The maximum absolute atomic E-state index is 13.0. The fourth-order valence-corrected chi connectivity index (χ4v) is 4.51. The molecule has 0 radical (unpaired) electrons. The number of likely N-dealkylation sites (tertiary alicyclic amines) is 1. The number of halogens is 1. The normalized spacial score (nSPS) is 16.4. The van der Waals surface area contributed by atoms with Gasteiger partial charge in [0.25, 0.3) is 0 Å². The third kappa shape index (κ3) is 6.01. The molecule has 0 saturated carbocycles. The Morgan fingerprint density at radius 2 is 1.96 bits per heavy atom. The van der Waals surface area contributed by atoms with Crippen molar-refractivity contribution < 1.29 is 4.39 Å². The van der Waals surface area contributed by atoms with Gasteiger partial charge in [0.05, 0.1) is 10.7 Å². The molecule has 1 aliphatic heterocycles. The van der Waals surface area contributed by atoms with Gasteiger partial charge < -0.3 is 10.6 Å². The molecule has 2 aromatic rings. The van der Waals surface area contributed by atoms with Gasteiger partial charge in [-0.2, -0.15) is 0 Å². The summed E-state index contributed by atoms with van der Waals surface area (Å²) in [7, 11) is 1.82. The van der Waals surface area contributed by atoms with Gasteiger partial charge in [0.2, 0.25) is 0 Å². The van der Waals surface area contributed by atoms with Crippen LogP contribution in [-0.2, 0) is 13.0 Å². The second-order valence-corrected chi connectivity index (χ2v) is 8.60. The molecule has 1 fully saturated rings. The molecule has 1 saturated heterocycles. The van der Waals surface area contributed by atoms with Crippen LogP contribution >= 0.6 is 11.3 Å². The third-order valence-electron chi connectivity index (χ3n) is 5.12. The Bertz CT molecular complexity index is 779. The van der Waals surface area contributed by atoms with E-state index in [4.69, 9.17) is 0 Å². The lowest BCUT2D eigenvalue weighted by atomic mass is 10.0. The first-order valence-electron chi connectivity index (χ1n) is 9.90. The summed E-state index contributed by atoms with van der Waals surface area (Å²) < 4.78 is 13.0. The molecule has 2 heterocycles. The maximum Gasteiger partial charge on any atom is 0.191 e. The smallest absolute Gasteiger partial charge is 0.191 e. The van der Waals surface area contributed by atoms with E-state index in [0.717, 1.165) is 62.1 Å². The minimum atomic E-state index is -0.175. The Hall–Kier alpha value is -1.99. The fourth-order valence-electron chi connectivity index (χ4n) is 3.57. The zero-order chi connectivity index (χ0) is 19.9. The number of hydrogen-bond donors (Lipinski definition) is 2. The van der Waals surface area contributed by atoms with Gasteiger partial charge in [-0.1, -0.05) is 12.1 Å². The summed E-state index contributed by atoms with van der Waals surface area (Å²) in [6, 6.07) is 7.25. The van der Waals surface area contributed by atoms with Crippen molar-refractivity contribution in [2.45, 2.75) is 45.7 Å². The van der Waals surface area contributed by atoms with Crippen LogP contribution in [0.1, 0.15) is 34.0 Å². The molecule has 5 nitrogen and oxygen atoms in total. The number of rotatable bonds is 6. The molecule has 0 amide bonds. The van der Waals surface area contributed by atoms with Gasteiger partial charge in [-0.15, -0.1) is 11.3 Å². The number of aryl methyl sites for hydroxylation is 2. The third-order valence-corrected chi connectivity index (χ3v) is 6.25. The molecule has 1 aromatic carbocycles. The van der Waals surface area contributed by atoms with Crippen molar-refractivity contribution in [3.05, 3.63) is 51.2 Å². The molecule has 28 heavy (non-hydrogen) atoms. The van der Waals surface area contributed by atoms with Crippen molar-refractivity contribution in [3.8, 4) is 0 Å². The molecule has 2 N–H and O–H groups in total. The van der Waals surface area contributed by atoms with Crippen LogP contribution in [0, 0.1) is 19.7 Å². The van der Waals surface area contributed by atoms with E-state index in [2.05, 4.69) is 39.4 Å². The molecule has 1 aliphatic rings. The fraction of sp³-hybridized carbons (Fsp3) is 0.524. The molecule has 0 spiro atoms. The Balaban J connectivity index is 1.39. The molecule has 7 heteroatoms. The summed E-state index contributed by atoms with van der Waals surface area (Å²) in [5.74, 6) is 0.696. The van der Waals surface area contributed by atoms with E-state index in [1.807, 2.05) is 19.2 Å². The first kappa shape index (κ1) is 20.7. The lowest BCUT2D eigenvalue weighted by molar-refractivity contribution is 0.198. The van der Waals surface area contributed by atoms with Gasteiger partial charge in [0.1, 0.15) is 5.82 Å². The largest absolute Gasteiger partial charge is 0.356 e. The number of thiazole rings is 1. The maximum atomic E-state index is 13.0. The van der Waals surface area contributed by atoms with E-state index in [9.17, 15) is 4.39 Å². The van der Waals surface area contributed by atoms with Crippen LogP contribution in [0.5, 0.6) is 0 Å². The van der Waals surface area contributed by atoms with Gasteiger partial charge in [-0.05, 0) is 44.4 Å². The second-order valence-electron chi connectivity index (χ2n) is 7.31. The lowest BCUT2D eigenvalue weighted by Crippen LogP contribution is -2.48. The first-order chi connectivity index (χ1) is 13.5. The van der Waals surface area contributed by atoms with E-state index < -0.39 is 0 Å². The molecule has 0 bridgehead atoms. The van der Waals surface area contributed by atoms with Crippen molar-refractivity contribution in [2.75, 3.05) is 26.7 Å². The van der Waals surface area contributed by atoms with E-state index in [-0.39, 0.29) is 5.82 Å². The summed E-state index contributed by atoms with van der Waals surface area (Å²) in [5, 5.41) is 8.11. The number of aromatic nitrogens is 1. The molecular weight excluding hydrogens is 373 g/mol. The Morgan fingerprint density at radius 1 is 1.25 bits per heavy atom. The number of piperidine rings is 1. The lowest BCUT2D eigenvalue weighted by Gasteiger charge is -2.33. The molecular formula is C21H30FN5S. The van der Waals surface area contributed by atoms with Gasteiger partial charge in [-0.3, -0.25) is 9.89 Å². The Labute approximate surface area is 171 Å². The SMILES string of the molecule is CN=C(NCCc1sc(C)nc1C)NC1CCN(Cc2ccc(F)cc2)CC1. The number of hydrogen-bond acceptors (Lipinski definition) is 4. The molecule has 152 valence electrons. The highest BCUT2D eigenvalue weighted by Crippen LogP contribution is 2.17. The van der Waals surface area contributed by atoms with E-state index >= 15 is 0 Å². The predicted molar refractivity (Wildman–Crippen MR) is 114 cm³/mol. The topological polar surface area (TPSA) is 52.6 Å². The summed E-state index contributed by atoms with van der Waals surface area (Å²) in [6.45, 7) is 7.93. The van der Waals surface area contributed by atoms with Crippen molar-refractivity contribution in [2.24, 2.45) is 4.99 Å². The average Bonchev–Trinajstić information content (AvgIpc) is 3.01.